The van der Waals surface area contributed by atoms with E-state index < -0.39 is 0 Å². The number of carbonyl (C=O) groups excluding carboxylic acids is 2. The lowest BCUT2D eigenvalue weighted by atomic mass is 10.2. The number of methoxy groups -OCH3 is 1. The van der Waals surface area contributed by atoms with E-state index in [1.54, 1.807) is 25.3 Å². The van der Waals surface area contributed by atoms with Crippen LogP contribution < -0.4 is 10.6 Å². The molecule has 2 N–H and O–H groups in total. The number of carbonyl (C=O) groups is 2. The Morgan fingerprint density at radius 3 is 2.79 bits per heavy atom. The van der Waals surface area contributed by atoms with E-state index in [2.05, 4.69) is 26.6 Å². The third-order valence-electron chi connectivity index (χ3n) is 2.32. The normalized spacial score (nSPS) is 11.7. The fraction of sp³-hybridized carbons (Fsp3) is 0.385. The van der Waals surface area contributed by atoms with Crippen molar-refractivity contribution in [3.8, 4) is 0 Å². The second kappa shape index (κ2) is 7.91. The number of hydrogen-bond acceptors (Lipinski definition) is 3. The van der Waals surface area contributed by atoms with Crippen LogP contribution in [-0.4, -0.2) is 38.1 Å². The minimum absolute atomic E-state index is 0.0561. The molecule has 2 amide bonds. The molecule has 0 aromatic heterocycles. The summed E-state index contributed by atoms with van der Waals surface area (Å²) in [6, 6.07) is 6.89. The van der Waals surface area contributed by atoms with Gasteiger partial charge in [0, 0.05) is 23.2 Å². The van der Waals surface area contributed by atoms with Gasteiger partial charge in [0.25, 0.3) is 5.91 Å². The van der Waals surface area contributed by atoms with Crippen molar-refractivity contribution >= 4 is 27.7 Å². The predicted molar refractivity (Wildman–Crippen MR) is 76.0 cm³/mol. The lowest BCUT2D eigenvalue weighted by Crippen LogP contribution is -2.42. The zero-order chi connectivity index (χ0) is 14.3. The summed E-state index contributed by atoms with van der Waals surface area (Å²) in [5.74, 6) is -0.524. The largest absolute Gasteiger partial charge is 0.383 e. The van der Waals surface area contributed by atoms with Crippen LogP contribution in [0, 0.1) is 0 Å². The van der Waals surface area contributed by atoms with Gasteiger partial charge in [-0.1, -0.05) is 22.0 Å². The number of hydrogen-bond donors (Lipinski definition) is 2. The molecule has 0 aliphatic heterocycles. The lowest BCUT2D eigenvalue weighted by Gasteiger charge is -2.13. The maximum absolute atomic E-state index is 11.8. The fourth-order valence-corrected chi connectivity index (χ4v) is 1.91. The van der Waals surface area contributed by atoms with Crippen molar-refractivity contribution in [2.24, 2.45) is 0 Å². The predicted octanol–water partition coefficient (Wildman–Crippen LogP) is 1.33. The second-order valence-corrected chi connectivity index (χ2v) is 5.03. The smallest absolute Gasteiger partial charge is 0.251 e. The maximum atomic E-state index is 11.8. The number of rotatable bonds is 6. The highest BCUT2D eigenvalue weighted by molar-refractivity contribution is 9.10. The van der Waals surface area contributed by atoms with Gasteiger partial charge in [-0.15, -0.1) is 0 Å². The highest BCUT2D eigenvalue weighted by Gasteiger charge is 2.10. The van der Waals surface area contributed by atoms with Crippen LogP contribution >= 0.6 is 15.9 Å². The van der Waals surface area contributed by atoms with Gasteiger partial charge >= 0.3 is 0 Å². The summed E-state index contributed by atoms with van der Waals surface area (Å²) in [7, 11) is 1.57. The molecule has 0 aliphatic rings. The van der Waals surface area contributed by atoms with Crippen molar-refractivity contribution < 1.29 is 14.3 Å². The van der Waals surface area contributed by atoms with Crippen molar-refractivity contribution in [2.75, 3.05) is 20.3 Å². The average molecular weight is 329 g/mol. The van der Waals surface area contributed by atoms with E-state index >= 15 is 0 Å². The molecule has 0 spiro atoms. The highest BCUT2D eigenvalue weighted by Crippen LogP contribution is 2.11. The topological polar surface area (TPSA) is 67.4 Å². The highest BCUT2D eigenvalue weighted by atomic mass is 79.9. The molecule has 1 atom stereocenters. The zero-order valence-electron chi connectivity index (χ0n) is 10.9. The van der Waals surface area contributed by atoms with Crippen molar-refractivity contribution in [1.29, 1.82) is 0 Å². The quantitative estimate of drug-likeness (QED) is 0.827. The van der Waals surface area contributed by atoms with Gasteiger partial charge in [0.05, 0.1) is 13.2 Å². The molecule has 0 radical (unpaired) electrons. The molecule has 0 fully saturated rings. The molecule has 1 aromatic carbocycles. The molecule has 1 unspecified atom stereocenters. The molecule has 19 heavy (non-hydrogen) atoms. The van der Waals surface area contributed by atoms with Crippen LogP contribution in [0.4, 0.5) is 0 Å². The second-order valence-electron chi connectivity index (χ2n) is 4.12. The Hall–Kier alpha value is -1.40. The Morgan fingerprint density at radius 2 is 2.16 bits per heavy atom. The molecule has 0 saturated carbocycles. The van der Waals surface area contributed by atoms with Crippen LogP contribution in [0.2, 0.25) is 0 Å². The summed E-state index contributed by atoms with van der Waals surface area (Å²) in [6.07, 6.45) is 0. The van der Waals surface area contributed by atoms with Gasteiger partial charge in [0.2, 0.25) is 5.91 Å². The van der Waals surface area contributed by atoms with E-state index in [0.717, 1.165) is 4.47 Å². The van der Waals surface area contributed by atoms with Crippen LogP contribution in [0.1, 0.15) is 17.3 Å². The van der Waals surface area contributed by atoms with Crippen molar-refractivity contribution in [3.05, 3.63) is 34.3 Å². The SMILES string of the molecule is COCC(C)NC(=O)CNC(=O)c1cccc(Br)c1. The molecule has 5 nitrogen and oxygen atoms in total. The Morgan fingerprint density at radius 1 is 1.42 bits per heavy atom. The third kappa shape index (κ3) is 5.85. The molecule has 6 heteroatoms. The minimum Gasteiger partial charge on any atom is -0.383 e. The zero-order valence-corrected chi connectivity index (χ0v) is 12.5. The summed E-state index contributed by atoms with van der Waals surface area (Å²) in [4.78, 5) is 23.3. The first kappa shape index (κ1) is 15.7. The van der Waals surface area contributed by atoms with Crippen LogP contribution in [0.5, 0.6) is 0 Å². The number of nitrogens with one attached hydrogen (secondary N) is 2. The van der Waals surface area contributed by atoms with E-state index in [1.165, 1.54) is 0 Å². The standard InChI is InChI=1S/C13H17BrN2O3/c1-9(8-19-2)16-12(17)7-15-13(18)10-4-3-5-11(14)6-10/h3-6,9H,7-8H2,1-2H3,(H,15,18)(H,16,17). The monoisotopic (exact) mass is 328 g/mol. The molecule has 0 saturated heterocycles. The summed E-state index contributed by atoms with van der Waals surface area (Å²) in [5.41, 5.74) is 0.507. The van der Waals surface area contributed by atoms with E-state index in [0.29, 0.717) is 12.2 Å². The third-order valence-corrected chi connectivity index (χ3v) is 2.81. The van der Waals surface area contributed by atoms with E-state index in [4.69, 9.17) is 4.74 Å². The Kier molecular flexibility index (Phi) is 6.52. The molecule has 0 bridgehead atoms. The Bertz CT molecular complexity index is 451. The van der Waals surface area contributed by atoms with Gasteiger partial charge in [0.1, 0.15) is 0 Å². The van der Waals surface area contributed by atoms with Crippen LogP contribution in [-0.2, 0) is 9.53 Å². The number of benzene rings is 1. The Labute approximate surface area is 120 Å². The number of ether oxygens (including phenoxy) is 1. The van der Waals surface area contributed by atoms with E-state index in [9.17, 15) is 9.59 Å². The summed E-state index contributed by atoms with van der Waals surface area (Å²) < 4.78 is 5.72. The molecule has 0 aliphatic carbocycles. The maximum Gasteiger partial charge on any atom is 0.251 e. The van der Waals surface area contributed by atoms with Gasteiger partial charge < -0.3 is 15.4 Å². The summed E-state index contributed by atoms with van der Waals surface area (Å²) >= 11 is 3.29. The molecular formula is C13H17BrN2O3. The lowest BCUT2D eigenvalue weighted by molar-refractivity contribution is -0.121. The van der Waals surface area contributed by atoms with Crippen LogP contribution in [0.3, 0.4) is 0 Å². The summed E-state index contributed by atoms with van der Waals surface area (Å²) in [5, 5.41) is 5.27. The van der Waals surface area contributed by atoms with Crippen molar-refractivity contribution in [3.63, 3.8) is 0 Å². The van der Waals surface area contributed by atoms with Gasteiger partial charge in [-0.3, -0.25) is 9.59 Å². The number of halogens is 1. The van der Waals surface area contributed by atoms with Crippen molar-refractivity contribution in [2.45, 2.75) is 13.0 Å². The van der Waals surface area contributed by atoms with Gasteiger partial charge in [-0.25, -0.2) is 0 Å². The van der Waals surface area contributed by atoms with Gasteiger partial charge in [-0.2, -0.15) is 0 Å². The molecule has 104 valence electrons. The van der Waals surface area contributed by atoms with E-state index in [1.807, 2.05) is 13.0 Å². The number of amides is 2. The van der Waals surface area contributed by atoms with Gasteiger partial charge in [-0.05, 0) is 25.1 Å². The van der Waals surface area contributed by atoms with Crippen LogP contribution in [0.25, 0.3) is 0 Å². The minimum atomic E-state index is -0.282. The first-order valence-corrected chi connectivity index (χ1v) is 6.64. The summed E-state index contributed by atoms with van der Waals surface area (Å²) in [6.45, 7) is 2.21. The van der Waals surface area contributed by atoms with E-state index in [-0.39, 0.29) is 24.4 Å². The first-order chi connectivity index (χ1) is 9.02. The van der Waals surface area contributed by atoms with Crippen molar-refractivity contribution in [1.82, 2.24) is 10.6 Å². The molecular weight excluding hydrogens is 312 g/mol. The molecule has 1 aromatic rings. The first-order valence-electron chi connectivity index (χ1n) is 5.85. The van der Waals surface area contributed by atoms with Gasteiger partial charge in [0.15, 0.2) is 0 Å². The Balaban J connectivity index is 2.40. The van der Waals surface area contributed by atoms with Crippen LogP contribution in [0.15, 0.2) is 28.7 Å². The molecule has 0 heterocycles. The fourth-order valence-electron chi connectivity index (χ4n) is 1.51. The average Bonchev–Trinajstić information content (AvgIpc) is 2.36. The molecule has 1 rings (SSSR count).